The van der Waals surface area contributed by atoms with Crippen molar-refractivity contribution in [2.24, 2.45) is 5.92 Å². The molecule has 3 aromatic rings. The Kier molecular flexibility index (Phi) is 6.44. The number of anilines is 2. The van der Waals surface area contributed by atoms with Crippen LogP contribution in [0.4, 0.5) is 11.4 Å². The van der Waals surface area contributed by atoms with Crippen molar-refractivity contribution in [1.29, 1.82) is 0 Å². The standard InChI is InChI=1S/C23H26N4O2/c1-4-21-20(14-24-27(21)15-17-9-6-5-7-10-17)23(29)26-19-12-8-11-18(13-19)25-22(28)16(2)3/h5-14,16H,4,15H2,1-3H3,(H,25,28)(H,26,29). The third-order valence-corrected chi connectivity index (χ3v) is 4.62. The molecule has 0 bridgehead atoms. The van der Waals surface area contributed by atoms with Gasteiger partial charge >= 0.3 is 0 Å². The summed E-state index contributed by atoms with van der Waals surface area (Å²) in [5, 5.41) is 10.2. The Morgan fingerprint density at radius 1 is 1.00 bits per heavy atom. The molecule has 1 aromatic heterocycles. The Bertz CT molecular complexity index is 993. The third-order valence-electron chi connectivity index (χ3n) is 4.62. The van der Waals surface area contributed by atoms with E-state index in [0.29, 0.717) is 29.9 Å². The number of nitrogens with zero attached hydrogens (tertiary/aromatic N) is 2. The highest BCUT2D eigenvalue weighted by molar-refractivity contribution is 6.05. The van der Waals surface area contributed by atoms with Crippen LogP contribution in [-0.2, 0) is 17.8 Å². The van der Waals surface area contributed by atoms with Gasteiger partial charge in [-0.15, -0.1) is 0 Å². The van der Waals surface area contributed by atoms with Crippen LogP contribution in [0.5, 0.6) is 0 Å². The van der Waals surface area contributed by atoms with E-state index in [4.69, 9.17) is 0 Å². The molecule has 2 aromatic carbocycles. The fourth-order valence-corrected chi connectivity index (χ4v) is 3.03. The molecule has 1 heterocycles. The zero-order valence-electron chi connectivity index (χ0n) is 17.0. The monoisotopic (exact) mass is 390 g/mol. The minimum Gasteiger partial charge on any atom is -0.326 e. The molecule has 0 unspecified atom stereocenters. The van der Waals surface area contributed by atoms with Crippen LogP contribution >= 0.6 is 0 Å². The summed E-state index contributed by atoms with van der Waals surface area (Å²) in [4.78, 5) is 24.7. The van der Waals surface area contributed by atoms with Crippen molar-refractivity contribution in [3.63, 3.8) is 0 Å². The molecule has 0 aliphatic rings. The number of hydrogen-bond acceptors (Lipinski definition) is 3. The van der Waals surface area contributed by atoms with Gasteiger partial charge in [0.05, 0.1) is 24.0 Å². The predicted octanol–water partition coefficient (Wildman–Crippen LogP) is 4.34. The second-order valence-corrected chi connectivity index (χ2v) is 7.18. The molecule has 0 saturated carbocycles. The van der Waals surface area contributed by atoms with E-state index in [1.807, 2.05) is 55.8 Å². The summed E-state index contributed by atoms with van der Waals surface area (Å²) in [6, 6.07) is 17.2. The summed E-state index contributed by atoms with van der Waals surface area (Å²) in [6.07, 6.45) is 2.31. The van der Waals surface area contributed by atoms with Crippen molar-refractivity contribution in [2.45, 2.75) is 33.7 Å². The summed E-state index contributed by atoms with van der Waals surface area (Å²) in [5.41, 5.74) is 3.84. The molecule has 3 rings (SSSR count). The number of benzene rings is 2. The molecule has 0 saturated heterocycles. The van der Waals surface area contributed by atoms with Crippen LogP contribution < -0.4 is 10.6 Å². The van der Waals surface area contributed by atoms with Crippen LogP contribution in [0.2, 0.25) is 0 Å². The minimum atomic E-state index is -0.214. The van der Waals surface area contributed by atoms with Crippen molar-refractivity contribution >= 4 is 23.2 Å². The Morgan fingerprint density at radius 2 is 1.69 bits per heavy atom. The first-order chi connectivity index (χ1) is 14.0. The van der Waals surface area contributed by atoms with Gasteiger partial charge in [0.15, 0.2) is 0 Å². The molecule has 150 valence electrons. The largest absolute Gasteiger partial charge is 0.326 e. The van der Waals surface area contributed by atoms with Gasteiger partial charge in [-0.1, -0.05) is 57.2 Å². The molecular weight excluding hydrogens is 364 g/mol. The van der Waals surface area contributed by atoms with Crippen LogP contribution in [0.25, 0.3) is 0 Å². The molecule has 29 heavy (non-hydrogen) atoms. The highest BCUT2D eigenvalue weighted by Crippen LogP contribution is 2.19. The second kappa shape index (κ2) is 9.19. The molecular formula is C23H26N4O2. The van der Waals surface area contributed by atoms with E-state index >= 15 is 0 Å². The third kappa shape index (κ3) is 5.10. The van der Waals surface area contributed by atoms with E-state index in [1.165, 1.54) is 0 Å². The Morgan fingerprint density at radius 3 is 2.34 bits per heavy atom. The molecule has 0 atom stereocenters. The lowest BCUT2D eigenvalue weighted by Gasteiger charge is -2.11. The smallest absolute Gasteiger partial charge is 0.259 e. The molecule has 6 nitrogen and oxygen atoms in total. The summed E-state index contributed by atoms with van der Waals surface area (Å²) in [7, 11) is 0. The van der Waals surface area contributed by atoms with E-state index in [1.54, 1.807) is 30.5 Å². The summed E-state index contributed by atoms with van der Waals surface area (Å²) >= 11 is 0. The molecule has 0 aliphatic heterocycles. The van der Waals surface area contributed by atoms with Crippen molar-refractivity contribution in [2.75, 3.05) is 10.6 Å². The number of rotatable bonds is 7. The molecule has 0 radical (unpaired) electrons. The summed E-state index contributed by atoms with van der Waals surface area (Å²) in [5.74, 6) is -0.395. The first kappa shape index (κ1) is 20.3. The van der Waals surface area contributed by atoms with Crippen molar-refractivity contribution in [1.82, 2.24) is 9.78 Å². The number of carbonyl (C=O) groups excluding carboxylic acids is 2. The lowest BCUT2D eigenvalue weighted by molar-refractivity contribution is -0.118. The van der Waals surface area contributed by atoms with E-state index in [2.05, 4.69) is 15.7 Å². The molecule has 0 spiro atoms. The maximum Gasteiger partial charge on any atom is 0.259 e. The average Bonchev–Trinajstić information content (AvgIpc) is 3.11. The summed E-state index contributed by atoms with van der Waals surface area (Å²) in [6.45, 7) is 6.30. The van der Waals surface area contributed by atoms with Gasteiger partial charge in [-0.3, -0.25) is 14.3 Å². The van der Waals surface area contributed by atoms with Gasteiger partial charge in [0.2, 0.25) is 5.91 Å². The Hall–Kier alpha value is -3.41. The van der Waals surface area contributed by atoms with Crippen LogP contribution in [0, 0.1) is 5.92 Å². The zero-order valence-corrected chi connectivity index (χ0v) is 17.0. The van der Waals surface area contributed by atoms with Gasteiger partial charge in [-0.05, 0) is 30.2 Å². The molecule has 2 amide bonds. The molecule has 2 N–H and O–H groups in total. The number of carbonyl (C=O) groups is 2. The molecule has 6 heteroatoms. The lowest BCUT2D eigenvalue weighted by Crippen LogP contribution is -2.18. The zero-order chi connectivity index (χ0) is 20.8. The fourth-order valence-electron chi connectivity index (χ4n) is 3.03. The maximum absolute atomic E-state index is 12.8. The highest BCUT2D eigenvalue weighted by atomic mass is 16.2. The maximum atomic E-state index is 12.8. The second-order valence-electron chi connectivity index (χ2n) is 7.18. The summed E-state index contributed by atoms with van der Waals surface area (Å²) < 4.78 is 1.86. The topological polar surface area (TPSA) is 76.0 Å². The number of hydrogen-bond donors (Lipinski definition) is 2. The van der Waals surface area contributed by atoms with Gasteiger partial charge in [-0.2, -0.15) is 5.10 Å². The first-order valence-corrected chi connectivity index (χ1v) is 9.78. The van der Waals surface area contributed by atoms with Crippen molar-refractivity contribution in [3.8, 4) is 0 Å². The van der Waals surface area contributed by atoms with E-state index < -0.39 is 0 Å². The minimum absolute atomic E-state index is 0.0658. The normalized spacial score (nSPS) is 10.8. The van der Waals surface area contributed by atoms with Gasteiger partial charge in [0, 0.05) is 17.3 Å². The molecule has 0 aliphatic carbocycles. The van der Waals surface area contributed by atoms with E-state index in [-0.39, 0.29) is 17.7 Å². The van der Waals surface area contributed by atoms with E-state index in [0.717, 1.165) is 11.3 Å². The lowest BCUT2D eigenvalue weighted by atomic mass is 10.1. The average molecular weight is 390 g/mol. The molecule has 0 fully saturated rings. The highest BCUT2D eigenvalue weighted by Gasteiger charge is 2.17. The Labute approximate surface area is 170 Å². The van der Waals surface area contributed by atoms with Gasteiger partial charge in [-0.25, -0.2) is 0 Å². The van der Waals surface area contributed by atoms with Crippen molar-refractivity contribution in [3.05, 3.63) is 77.6 Å². The van der Waals surface area contributed by atoms with Crippen molar-refractivity contribution < 1.29 is 9.59 Å². The van der Waals surface area contributed by atoms with Crippen LogP contribution in [0.3, 0.4) is 0 Å². The first-order valence-electron chi connectivity index (χ1n) is 9.78. The quantitative estimate of drug-likeness (QED) is 0.630. The van der Waals surface area contributed by atoms with Gasteiger partial charge in [0.1, 0.15) is 0 Å². The fraction of sp³-hybridized carbons (Fsp3) is 0.261. The van der Waals surface area contributed by atoms with E-state index in [9.17, 15) is 9.59 Å². The SMILES string of the molecule is CCc1c(C(=O)Nc2cccc(NC(=O)C(C)C)c2)cnn1Cc1ccccc1. The van der Waals surface area contributed by atoms with Crippen LogP contribution in [0.15, 0.2) is 60.8 Å². The number of nitrogens with one attached hydrogen (secondary N) is 2. The van der Waals surface area contributed by atoms with Crippen LogP contribution in [0.1, 0.15) is 42.4 Å². The number of aromatic nitrogens is 2. The number of amides is 2. The van der Waals surface area contributed by atoms with Crippen LogP contribution in [-0.4, -0.2) is 21.6 Å². The van der Waals surface area contributed by atoms with Gasteiger partial charge < -0.3 is 10.6 Å². The predicted molar refractivity (Wildman–Crippen MR) is 115 cm³/mol. The van der Waals surface area contributed by atoms with Gasteiger partial charge in [0.25, 0.3) is 5.91 Å². The Balaban J connectivity index is 1.75.